The van der Waals surface area contributed by atoms with Crippen molar-refractivity contribution in [3.8, 4) is 0 Å². The van der Waals surface area contributed by atoms with Crippen molar-refractivity contribution in [2.45, 2.75) is 8.12 Å². The van der Waals surface area contributed by atoms with Gasteiger partial charge >= 0.3 is 67.9 Å². The van der Waals surface area contributed by atoms with Crippen molar-refractivity contribution in [1.82, 2.24) is 0 Å². The molecule has 44 valence electrons. The SMILES string of the molecule is [SiH3][CH2][Sn]([Br])([Br])[CH2][SiH3]. The van der Waals surface area contributed by atoms with Gasteiger partial charge in [0.05, 0.1) is 0 Å². The van der Waals surface area contributed by atoms with Gasteiger partial charge in [0, 0.05) is 0 Å². The molecule has 0 fully saturated rings. The number of hydrogen-bond donors (Lipinski definition) is 0. The van der Waals surface area contributed by atoms with E-state index in [1.165, 1.54) is 28.6 Å². The van der Waals surface area contributed by atoms with Gasteiger partial charge in [0.15, 0.2) is 0 Å². The van der Waals surface area contributed by atoms with E-state index in [4.69, 9.17) is 0 Å². The number of halogens is 2. The molecule has 0 spiro atoms. The van der Waals surface area contributed by atoms with Crippen molar-refractivity contribution in [3.63, 3.8) is 0 Å². The van der Waals surface area contributed by atoms with E-state index in [1.807, 2.05) is 0 Å². The molecule has 0 nitrogen and oxygen atoms in total. The first-order valence-corrected chi connectivity index (χ1v) is 22.2. The van der Waals surface area contributed by atoms with Gasteiger partial charge in [-0.25, -0.2) is 0 Å². The maximum absolute atomic E-state index is 3.78. The molecular formula is C2H10Br2Si2Sn. The Kier molecular flexibility index (Phi) is 5.36. The van der Waals surface area contributed by atoms with E-state index in [9.17, 15) is 0 Å². The predicted molar refractivity (Wildman–Crippen MR) is 53.1 cm³/mol. The Bertz CT molecular complexity index is 51.7. The van der Waals surface area contributed by atoms with Gasteiger partial charge in [0.2, 0.25) is 0 Å². The van der Waals surface area contributed by atoms with E-state index in [-0.39, 0.29) is 0 Å². The molecule has 0 heterocycles. The summed E-state index contributed by atoms with van der Waals surface area (Å²) >= 11 is 6.02. The van der Waals surface area contributed by atoms with Crippen molar-refractivity contribution >= 4 is 59.8 Å². The van der Waals surface area contributed by atoms with Crippen LogP contribution in [-0.4, -0.2) is 34.4 Å². The van der Waals surface area contributed by atoms with Gasteiger partial charge in [-0.15, -0.1) is 0 Å². The molecule has 0 aliphatic heterocycles. The average molecular weight is 369 g/mol. The van der Waals surface area contributed by atoms with Crippen LogP contribution in [0.2, 0.25) is 8.12 Å². The van der Waals surface area contributed by atoms with E-state index in [0.717, 1.165) is 0 Å². The molecule has 0 saturated heterocycles. The van der Waals surface area contributed by atoms with Crippen LogP contribution in [0.5, 0.6) is 0 Å². The molecule has 0 aliphatic rings. The van der Waals surface area contributed by atoms with Crippen LogP contribution >= 0.6 is 25.4 Å². The van der Waals surface area contributed by atoms with Gasteiger partial charge in [-0.05, 0) is 0 Å². The molecule has 0 aliphatic carbocycles. The van der Waals surface area contributed by atoms with Crippen molar-refractivity contribution < 1.29 is 0 Å². The van der Waals surface area contributed by atoms with Gasteiger partial charge in [-0.1, -0.05) is 0 Å². The summed E-state index contributed by atoms with van der Waals surface area (Å²) in [5.74, 6) is 0. The van der Waals surface area contributed by atoms with Gasteiger partial charge in [-0.3, -0.25) is 0 Å². The Balaban J connectivity index is 3.36. The first kappa shape index (κ1) is 9.19. The summed E-state index contributed by atoms with van der Waals surface area (Å²) in [6, 6.07) is 0. The summed E-state index contributed by atoms with van der Waals surface area (Å²) in [5, 5.41) is 0. The minimum absolute atomic E-state index is 1.38. The van der Waals surface area contributed by atoms with Gasteiger partial charge in [0.25, 0.3) is 0 Å². The zero-order valence-electron chi connectivity index (χ0n) is 4.67. The van der Waals surface area contributed by atoms with E-state index >= 15 is 0 Å². The summed E-state index contributed by atoms with van der Waals surface area (Å²) in [7, 11) is 2.76. The van der Waals surface area contributed by atoms with Crippen molar-refractivity contribution in [3.05, 3.63) is 0 Å². The van der Waals surface area contributed by atoms with Crippen molar-refractivity contribution in [1.29, 1.82) is 0 Å². The van der Waals surface area contributed by atoms with Crippen LogP contribution in [0.15, 0.2) is 0 Å². The summed E-state index contributed by atoms with van der Waals surface area (Å²) in [4.78, 5) is 0. The van der Waals surface area contributed by atoms with Crippen LogP contribution in [0.25, 0.3) is 0 Å². The van der Waals surface area contributed by atoms with Crippen molar-refractivity contribution in [2.24, 2.45) is 0 Å². The molecule has 0 atom stereocenters. The van der Waals surface area contributed by atoms with Crippen LogP contribution in [0, 0.1) is 0 Å². The van der Waals surface area contributed by atoms with Crippen molar-refractivity contribution in [2.75, 3.05) is 0 Å². The van der Waals surface area contributed by atoms with Crippen LogP contribution in [0.4, 0.5) is 0 Å². The fourth-order valence-electron chi connectivity index (χ4n) is 0.250. The molecule has 0 N–H and O–H groups in total. The monoisotopic (exact) mass is 368 g/mol. The first-order valence-electron chi connectivity index (χ1n) is 2.50. The van der Waals surface area contributed by atoms with Crippen LogP contribution in [-0.2, 0) is 0 Å². The predicted octanol–water partition coefficient (Wildman–Crippen LogP) is -0.136. The topological polar surface area (TPSA) is 0 Å². The molecule has 7 heavy (non-hydrogen) atoms. The van der Waals surface area contributed by atoms with Gasteiger partial charge in [0.1, 0.15) is 0 Å². The van der Waals surface area contributed by atoms with E-state index in [0.29, 0.717) is 0 Å². The normalized spacial score (nSPS) is 12.9. The second kappa shape index (κ2) is 4.08. The third-order valence-corrected chi connectivity index (χ3v) is 66.0. The molecule has 0 radical (unpaired) electrons. The molecule has 5 heteroatoms. The molecule has 0 saturated carbocycles. The van der Waals surface area contributed by atoms with Gasteiger partial charge in [-0.2, -0.15) is 0 Å². The Morgan fingerprint density at radius 2 is 1.43 bits per heavy atom. The summed E-state index contributed by atoms with van der Waals surface area (Å²) in [5.41, 5.74) is 0. The third kappa shape index (κ3) is 4.68. The minimum atomic E-state index is -1.53. The van der Waals surface area contributed by atoms with Gasteiger partial charge < -0.3 is 0 Å². The third-order valence-electron chi connectivity index (χ3n) is 1.03. The first-order chi connectivity index (χ1) is 3.12. The molecular weight excluding hydrogens is 359 g/mol. The van der Waals surface area contributed by atoms with E-state index < -0.39 is 13.9 Å². The Morgan fingerprint density at radius 1 is 1.14 bits per heavy atom. The Labute approximate surface area is 67.1 Å². The molecule has 0 unspecified atom stereocenters. The molecule has 0 rings (SSSR count). The molecule has 0 amide bonds. The summed E-state index contributed by atoms with van der Waals surface area (Å²) in [6.45, 7) is 0. The summed E-state index contributed by atoms with van der Waals surface area (Å²) < 4.78 is 3.02. The van der Waals surface area contributed by atoms with Crippen LogP contribution < -0.4 is 0 Å². The standard InChI is InChI=1S/2CH5Si.2BrH.Sn/c2*1-2;;;/h2*1H2,2H3;2*1H;/q;;;;+2/p-2. The summed E-state index contributed by atoms with van der Waals surface area (Å²) in [6.07, 6.45) is 0. The molecule has 0 aromatic carbocycles. The Morgan fingerprint density at radius 3 is 1.43 bits per heavy atom. The Hall–Kier alpha value is 2.19. The molecule has 0 bridgehead atoms. The maximum atomic E-state index is 3.78. The molecule has 0 aromatic rings. The van der Waals surface area contributed by atoms with Crippen LogP contribution in [0.1, 0.15) is 0 Å². The molecule has 0 aromatic heterocycles. The average Bonchev–Trinajstić information content (AvgIpc) is 1.68. The van der Waals surface area contributed by atoms with E-state index in [1.54, 1.807) is 0 Å². The zero-order valence-corrected chi connectivity index (χ0v) is 14.7. The fourth-order valence-corrected chi connectivity index (χ4v) is 15.1. The van der Waals surface area contributed by atoms with Crippen LogP contribution in [0.3, 0.4) is 0 Å². The van der Waals surface area contributed by atoms with E-state index in [2.05, 4.69) is 25.4 Å². The zero-order chi connectivity index (χ0) is 5.91. The number of hydrogen-bond acceptors (Lipinski definition) is 0. The number of rotatable bonds is 2. The fraction of sp³-hybridized carbons (Fsp3) is 1.00. The quantitative estimate of drug-likeness (QED) is 0.596. The second-order valence-electron chi connectivity index (χ2n) is 1.56. The second-order valence-corrected chi connectivity index (χ2v) is 47.5.